The average molecular weight is 380 g/mol. The van der Waals surface area contributed by atoms with Gasteiger partial charge in [0.05, 0.1) is 5.88 Å². The van der Waals surface area contributed by atoms with Gasteiger partial charge in [0.1, 0.15) is 18.0 Å². The van der Waals surface area contributed by atoms with Gasteiger partial charge in [-0.05, 0) is 12.0 Å². The number of ketones is 1. The Kier molecular flexibility index (Phi) is 6.74. The van der Waals surface area contributed by atoms with Gasteiger partial charge >= 0.3 is 11.8 Å². The quantitative estimate of drug-likeness (QED) is 0.565. The fourth-order valence-corrected chi connectivity index (χ4v) is 2.45. The summed E-state index contributed by atoms with van der Waals surface area (Å²) in [4.78, 5) is 50.3. The summed E-state index contributed by atoms with van der Waals surface area (Å²) in [5.74, 6) is -1.40. The molecule has 26 heavy (non-hydrogen) atoms. The molecule has 0 aliphatic heterocycles. The molecule has 0 saturated carbocycles. The molecule has 9 heteroatoms. The van der Waals surface area contributed by atoms with E-state index in [1.807, 2.05) is 6.07 Å². The van der Waals surface area contributed by atoms with Crippen molar-refractivity contribution in [2.24, 2.45) is 0 Å². The molecule has 0 radical (unpaired) electrons. The zero-order chi connectivity index (χ0) is 19.1. The van der Waals surface area contributed by atoms with Crippen LogP contribution in [0.1, 0.15) is 29.3 Å². The van der Waals surface area contributed by atoms with E-state index < -0.39 is 29.0 Å². The summed E-state index contributed by atoms with van der Waals surface area (Å²) in [5.41, 5.74) is -1.27. The number of Topliss-reactive ketones (excluding diaryl/α,β-unsaturated/α-hetero) is 1. The molecule has 0 fully saturated rings. The summed E-state index contributed by atoms with van der Waals surface area (Å²) in [6.45, 7) is 1.98. The fourth-order valence-electron chi connectivity index (χ4n) is 2.32. The molecule has 1 aromatic heterocycles. The van der Waals surface area contributed by atoms with E-state index in [4.69, 9.17) is 16.3 Å². The molecular formula is C17H18ClN3O5. The number of aromatic nitrogens is 2. The second-order valence-corrected chi connectivity index (χ2v) is 5.65. The summed E-state index contributed by atoms with van der Waals surface area (Å²) in [6, 6.07) is 8.96. The van der Waals surface area contributed by atoms with Crippen LogP contribution in [0.15, 0.2) is 39.9 Å². The second-order valence-electron chi connectivity index (χ2n) is 5.38. The first-order valence-corrected chi connectivity index (χ1v) is 8.45. The molecule has 0 aliphatic rings. The van der Waals surface area contributed by atoms with Crippen molar-refractivity contribution in [3.05, 3.63) is 62.3 Å². The minimum atomic E-state index is -0.911. The van der Waals surface area contributed by atoms with E-state index in [0.29, 0.717) is 6.42 Å². The van der Waals surface area contributed by atoms with Gasteiger partial charge in [-0.3, -0.25) is 24.5 Å². The predicted molar refractivity (Wildman–Crippen MR) is 96.9 cm³/mol. The van der Waals surface area contributed by atoms with Crippen molar-refractivity contribution < 1.29 is 14.3 Å². The Labute approximate surface area is 153 Å². The Bertz CT molecular complexity index is 905. The number of halogens is 1. The predicted octanol–water partition coefficient (Wildman–Crippen LogP) is 2.12. The number of hydrogen-bond acceptors (Lipinski definition) is 5. The number of benzene rings is 1. The molecular weight excluding hydrogens is 362 g/mol. The number of carbonyl (C=O) groups is 2. The average Bonchev–Trinajstić information content (AvgIpc) is 2.63. The molecule has 0 unspecified atom stereocenters. The molecule has 0 spiro atoms. The van der Waals surface area contributed by atoms with E-state index >= 15 is 0 Å². The third-order valence-electron chi connectivity index (χ3n) is 3.48. The Balaban J connectivity index is 2.33. The van der Waals surface area contributed by atoms with E-state index in [1.54, 1.807) is 31.2 Å². The van der Waals surface area contributed by atoms with E-state index in [-0.39, 0.29) is 24.5 Å². The summed E-state index contributed by atoms with van der Waals surface area (Å²) in [6.07, 6.45) is -0.360. The molecule has 1 aromatic carbocycles. The number of alkyl halides is 1. The lowest BCUT2D eigenvalue weighted by Crippen LogP contribution is -2.37. The molecule has 0 saturated heterocycles. The molecule has 2 rings (SSSR count). The van der Waals surface area contributed by atoms with Crippen LogP contribution >= 0.6 is 11.6 Å². The van der Waals surface area contributed by atoms with Crippen molar-refractivity contribution >= 4 is 29.3 Å². The van der Waals surface area contributed by atoms with Gasteiger partial charge in [0.25, 0.3) is 5.56 Å². The standard InChI is InChI=1S/C17H18ClN3O5/c1-2-8-21-14(13(12(22)9-18)15(23)20-16(21)24)19-17(25)26-10-11-6-4-3-5-7-11/h3-7H,2,8-10H2,1H3,(H,19,25)(H,20,23,24). The van der Waals surface area contributed by atoms with Crippen LogP contribution in [-0.4, -0.2) is 27.3 Å². The van der Waals surface area contributed by atoms with Gasteiger partial charge in [-0.15, -0.1) is 11.6 Å². The van der Waals surface area contributed by atoms with Crippen LogP contribution in [0.3, 0.4) is 0 Å². The number of amides is 1. The first-order valence-electron chi connectivity index (χ1n) is 7.91. The summed E-state index contributed by atoms with van der Waals surface area (Å²) in [5, 5.41) is 2.33. The second kappa shape index (κ2) is 9.00. The van der Waals surface area contributed by atoms with Crippen molar-refractivity contribution in [2.45, 2.75) is 26.5 Å². The lowest BCUT2D eigenvalue weighted by Gasteiger charge is -2.15. The highest BCUT2D eigenvalue weighted by molar-refractivity contribution is 6.31. The Hall–Kier alpha value is -2.87. The maximum atomic E-state index is 12.1. The lowest BCUT2D eigenvalue weighted by atomic mass is 10.2. The number of nitrogens with zero attached hydrogens (tertiary/aromatic N) is 1. The fraction of sp³-hybridized carbons (Fsp3) is 0.294. The molecule has 0 atom stereocenters. The number of aromatic amines is 1. The summed E-state index contributed by atoms with van der Waals surface area (Å²) in [7, 11) is 0. The number of carbonyl (C=O) groups excluding carboxylic acids is 2. The minimum absolute atomic E-state index is 0.00728. The van der Waals surface area contributed by atoms with Crippen LogP contribution in [0.25, 0.3) is 0 Å². The van der Waals surface area contributed by atoms with Gasteiger partial charge in [-0.25, -0.2) is 9.59 Å². The van der Waals surface area contributed by atoms with Crippen molar-refractivity contribution in [2.75, 3.05) is 11.2 Å². The number of rotatable bonds is 7. The normalized spacial score (nSPS) is 10.4. The molecule has 0 bridgehead atoms. The monoisotopic (exact) mass is 379 g/mol. The number of H-pyrrole nitrogens is 1. The topological polar surface area (TPSA) is 110 Å². The molecule has 0 aliphatic carbocycles. The van der Waals surface area contributed by atoms with Crippen LogP contribution in [0, 0.1) is 0 Å². The Morgan fingerprint density at radius 2 is 1.92 bits per heavy atom. The highest BCUT2D eigenvalue weighted by atomic mass is 35.5. The molecule has 8 nitrogen and oxygen atoms in total. The number of nitrogens with one attached hydrogen (secondary N) is 2. The highest BCUT2D eigenvalue weighted by Crippen LogP contribution is 2.13. The van der Waals surface area contributed by atoms with Gasteiger partial charge in [0, 0.05) is 6.54 Å². The van der Waals surface area contributed by atoms with E-state index in [9.17, 15) is 19.2 Å². The summed E-state index contributed by atoms with van der Waals surface area (Å²) >= 11 is 5.54. The smallest absolute Gasteiger partial charge is 0.413 e. The molecule has 2 aromatic rings. The van der Waals surface area contributed by atoms with Crippen molar-refractivity contribution in [1.29, 1.82) is 0 Å². The minimum Gasteiger partial charge on any atom is -0.444 e. The molecule has 1 amide bonds. The number of ether oxygens (including phenoxy) is 1. The van der Waals surface area contributed by atoms with Gasteiger partial charge in [-0.2, -0.15) is 0 Å². The van der Waals surface area contributed by atoms with Crippen LogP contribution < -0.4 is 16.6 Å². The Morgan fingerprint density at radius 1 is 1.23 bits per heavy atom. The van der Waals surface area contributed by atoms with Crippen molar-refractivity contribution in [3.63, 3.8) is 0 Å². The van der Waals surface area contributed by atoms with E-state index in [2.05, 4.69) is 10.3 Å². The van der Waals surface area contributed by atoms with Crippen LogP contribution in [0.2, 0.25) is 0 Å². The van der Waals surface area contributed by atoms with Gasteiger partial charge in [0.2, 0.25) is 0 Å². The van der Waals surface area contributed by atoms with E-state index in [0.717, 1.165) is 10.1 Å². The van der Waals surface area contributed by atoms with E-state index in [1.165, 1.54) is 0 Å². The number of hydrogen-bond donors (Lipinski definition) is 2. The van der Waals surface area contributed by atoms with Gasteiger partial charge < -0.3 is 4.74 Å². The zero-order valence-electron chi connectivity index (χ0n) is 14.1. The van der Waals surface area contributed by atoms with Crippen LogP contribution in [-0.2, 0) is 17.9 Å². The highest BCUT2D eigenvalue weighted by Gasteiger charge is 2.22. The van der Waals surface area contributed by atoms with Crippen molar-refractivity contribution in [3.8, 4) is 0 Å². The van der Waals surface area contributed by atoms with Gasteiger partial charge in [-0.1, -0.05) is 37.3 Å². The largest absolute Gasteiger partial charge is 0.444 e. The third-order valence-corrected chi connectivity index (χ3v) is 3.72. The number of anilines is 1. The Morgan fingerprint density at radius 3 is 2.54 bits per heavy atom. The maximum Gasteiger partial charge on any atom is 0.413 e. The molecule has 2 N–H and O–H groups in total. The first-order chi connectivity index (χ1) is 12.5. The first kappa shape index (κ1) is 19.5. The lowest BCUT2D eigenvalue weighted by molar-refractivity contribution is 0.101. The van der Waals surface area contributed by atoms with Crippen molar-refractivity contribution in [1.82, 2.24) is 9.55 Å². The SMILES string of the molecule is CCCn1c(NC(=O)OCc2ccccc2)c(C(=O)CCl)c(=O)[nH]c1=O. The summed E-state index contributed by atoms with van der Waals surface area (Å²) < 4.78 is 6.19. The molecule has 138 valence electrons. The maximum absolute atomic E-state index is 12.1. The van der Waals surface area contributed by atoms with Crippen LogP contribution in [0.5, 0.6) is 0 Å². The van der Waals surface area contributed by atoms with Gasteiger partial charge in [0.15, 0.2) is 5.78 Å². The third kappa shape index (κ3) is 4.60. The zero-order valence-corrected chi connectivity index (χ0v) is 14.8. The molecule has 1 heterocycles. The van der Waals surface area contributed by atoms with Crippen LogP contribution in [0.4, 0.5) is 10.6 Å².